The van der Waals surface area contributed by atoms with E-state index in [2.05, 4.69) is 9.97 Å². The lowest BCUT2D eigenvalue weighted by molar-refractivity contribution is -0.140. The summed E-state index contributed by atoms with van der Waals surface area (Å²) in [6.07, 6.45) is -0.806. The molecule has 150 valence electrons. The number of alkyl halides is 3. The van der Waals surface area contributed by atoms with Gasteiger partial charge < -0.3 is 16.0 Å². The third-order valence-electron chi connectivity index (χ3n) is 4.34. The molecule has 0 unspecified atom stereocenters. The van der Waals surface area contributed by atoms with Crippen LogP contribution in [0.2, 0.25) is 0 Å². The molecule has 0 amide bonds. The number of fused-ring (bicyclic) bond motifs is 1. The van der Waals surface area contributed by atoms with Gasteiger partial charge in [-0.2, -0.15) is 13.2 Å². The van der Waals surface area contributed by atoms with E-state index in [0.29, 0.717) is 28.0 Å². The largest absolute Gasteiger partial charge is 0.419 e. The molecule has 0 fully saturated rings. The number of allylic oxidation sites excluding steroid dienone is 1. The number of anilines is 1. The van der Waals surface area contributed by atoms with Gasteiger partial charge in [0.1, 0.15) is 11.6 Å². The van der Waals surface area contributed by atoms with Gasteiger partial charge in [0.15, 0.2) is 0 Å². The van der Waals surface area contributed by atoms with Gasteiger partial charge >= 0.3 is 6.18 Å². The zero-order valence-corrected chi connectivity index (χ0v) is 15.3. The SMILES string of the molecule is CN(Cc1ccc(F)c(C(F)(F)F)c1)c1cnc2cc(C(C=N)=CN)ccc2n1. The third kappa shape index (κ3) is 4.34. The standard InChI is InChI=1S/C20H17F4N5/c1-29(11-12-2-4-16(21)15(6-12)20(22,23)24)19-10-27-18-7-13(14(8-25)9-26)3-5-17(18)28-19/h2-10,25H,11,26H2,1H3. The Balaban J connectivity index is 1.87. The molecule has 2 aromatic carbocycles. The first-order valence-corrected chi connectivity index (χ1v) is 8.49. The van der Waals surface area contributed by atoms with Crippen LogP contribution < -0.4 is 10.6 Å². The van der Waals surface area contributed by atoms with E-state index in [1.165, 1.54) is 18.5 Å². The van der Waals surface area contributed by atoms with Crippen LogP contribution in [0.5, 0.6) is 0 Å². The van der Waals surface area contributed by atoms with Crippen molar-refractivity contribution in [3.63, 3.8) is 0 Å². The summed E-state index contributed by atoms with van der Waals surface area (Å²) in [7, 11) is 1.66. The van der Waals surface area contributed by atoms with Crippen molar-refractivity contribution in [1.82, 2.24) is 9.97 Å². The Morgan fingerprint density at radius 2 is 1.93 bits per heavy atom. The summed E-state index contributed by atoms with van der Waals surface area (Å²) in [6.45, 7) is 0.0928. The summed E-state index contributed by atoms with van der Waals surface area (Å²) < 4.78 is 52.2. The average Bonchev–Trinajstić information content (AvgIpc) is 2.69. The topological polar surface area (TPSA) is 78.9 Å². The van der Waals surface area contributed by atoms with Crippen LogP contribution in [0.25, 0.3) is 16.6 Å². The molecule has 3 rings (SSSR count). The Kier molecular flexibility index (Phi) is 5.49. The highest BCUT2D eigenvalue weighted by atomic mass is 19.4. The number of hydrogen-bond donors (Lipinski definition) is 2. The van der Waals surface area contributed by atoms with Crippen molar-refractivity contribution >= 4 is 28.6 Å². The number of hydrogen-bond acceptors (Lipinski definition) is 5. The minimum Gasteiger partial charge on any atom is -0.404 e. The van der Waals surface area contributed by atoms with Crippen LogP contribution in [0.3, 0.4) is 0 Å². The monoisotopic (exact) mass is 403 g/mol. The van der Waals surface area contributed by atoms with Crippen molar-refractivity contribution in [3.8, 4) is 0 Å². The number of nitrogens with zero attached hydrogens (tertiary/aromatic N) is 3. The van der Waals surface area contributed by atoms with Crippen molar-refractivity contribution < 1.29 is 17.6 Å². The number of nitrogens with two attached hydrogens (primary N) is 1. The fourth-order valence-electron chi connectivity index (χ4n) is 2.83. The molecule has 5 nitrogen and oxygen atoms in total. The van der Waals surface area contributed by atoms with Crippen LogP contribution in [-0.2, 0) is 12.7 Å². The normalized spacial score (nSPS) is 12.2. The molecular formula is C20H17F4N5. The highest BCUT2D eigenvalue weighted by molar-refractivity contribution is 6.08. The Bertz CT molecular complexity index is 1090. The summed E-state index contributed by atoms with van der Waals surface area (Å²) >= 11 is 0. The van der Waals surface area contributed by atoms with Crippen molar-refractivity contribution in [1.29, 1.82) is 5.41 Å². The molecule has 0 spiro atoms. The summed E-state index contributed by atoms with van der Waals surface area (Å²) in [4.78, 5) is 10.4. The predicted octanol–water partition coefficient (Wildman–Crippen LogP) is 4.37. The maximum absolute atomic E-state index is 13.5. The van der Waals surface area contributed by atoms with E-state index in [4.69, 9.17) is 11.1 Å². The molecule has 3 aromatic rings. The smallest absolute Gasteiger partial charge is 0.404 e. The molecule has 29 heavy (non-hydrogen) atoms. The van der Waals surface area contributed by atoms with Crippen molar-refractivity contribution in [2.45, 2.75) is 12.7 Å². The highest BCUT2D eigenvalue weighted by Gasteiger charge is 2.34. The van der Waals surface area contributed by atoms with Gasteiger partial charge in [0.05, 0.1) is 22.8 Å². The lowest BCUT2D eigenvalue weighted by atomic mass is 10.1. The van der Waals surface area contributed by atoms with Crippen molar-refractivity contribution in [2.24, 2.45) is 5.73 Å². The number of nitrogens with one attached hydrogen (secondary N) is 1. The molecule has 0 aliphatic heterocycles. The Hall–Kier alpha value is -3.49. The molecule has 0 aliphatic carbocycles. The van der Waals surface area contributed by atoms with E-state index in [9.17, 15) is 17.6 Å². The second kappa shape index (κ2) is 7.86. The van der Waals surface area contributed by atoms with Gasteiger partial charge in [0.25, 0.3) is 0 Å². The first kappa shape index (κ1) is 20.2. The molecule has 9 heteroatoms. The molecule has 0 radical (unpaired) electrons. The van der Waals surface area contributed by atoms with Crippen molar-refractivity contribution in [3.05, 3.63) is 71.3 Å². The molecule has 0 bridgehead atoms. The van der Waals surface area contributed by atoms with E-state index in [1.807, 2.05) is 0 Å². The maximum atomic E-state index is 13.5. The van der Waals surface area contributed by atoms with Crippen LogP contribution in [0.4, 0.5) is 23.4 Å². The number of aromatic nitrogens is 2. The van der Waals surface area contributed by atoms with Crippen LogP contribution in [0.15, 0.2) is 48.8 Å². The van der Waals surface area contributed by atoms with Gasteiger partial charge in [-0.1, -0.05) is 12.1 Å². The highest BCUT2D eigenvalue weighted by Crippen LogP contribution is 2.32. The van der Waals surface area contributed by atoms with E-state index in [1.54, 1.807) is 30.1 Å². The zero-order valence-electron chi connectivity index (χ0n) is 15.3. The Labute approximate surface area is 164 Å². The fraction of sp³-hybridized carbons (Fsp3) is 0.150. The van der Waals surface area contributed by atoms with Crippen molar-refractivity contribution in [2.75, 3.05) is 11.9 Å². The van der Waals surface area contributed by atoms with E-state index in [0.717, 1.165) is 23.9 Å². The molecule has 1 heterocycles. The quantitative estimate of drug-likeness (QED) is 0.490. The molecular weight excluding hydrogens is 386 g/mol. The lowest BCUT2D eigenvalue weighted by Crippen LogP contribution is -2.19. The first-order valence-electron chi connectivity index (χ1n) is 8.49. The van der Waals surface area contributed by atoms with E-state index < -0.39 is 17.6 Å². The van der Waals surface area contributed by atoms with Gasteiger partial charge in [-0.3, -0.25) is 4.98 Å². The van der Waals surface area contributed by atoms with Gasteiger partial charge in [0, 0.05) is 31.6 Å². The molecule has 0 aliphatic rings. The second-order valence-corrected chi connectivity index (χ2v) is 6.37. The molecule has 1 aromatic heterocycles. The number of halogens is 4. The second-order valence-electron chi connectivity index (χ2n) is 6.37. The van der Waals surface area contributed by atoms with E-state index >= 15 is 0 Å². The predicted molar refractivity (Wildman–Crippen MR) is 104 cm³/mol. The summed E-state index contributed by atoms with van der Waals surface area (Å²) in [6, 6.07) is 8.13. The average molecular weight is 403 g/mol. The van der Waals surface area contributed by atoms with Crippen LogP contribution in [0, 0.1) is 11.2 Å². The molecule has 0 atom stereocenters. The zero-order chi connectivity index (χ0) is 21.2. The molecule has 0 saturated carbocycles. The fourth-order valence-corrected chi connectivity index (χ4v) is 2.83. The lowest BCUT2D eigenvalue weighted by Gasteiger charge is -2.19. The first-order chi connectivity index (χ1) is 13.7. The Morgan fingerprint density at radius 1 is 1.17 bits per heavy atom. The van der Waals surface area contributed by atoms with Gasteiger partial charge in [0.2, 0.25) is 0 Å². The minimum absolute atomic E-state index is 0.0928. The van der Waals surface area contributed by atoms with Gasteiger partial charge in [-0.15, -0.1) is 0 Å². The van der Waals surface area contributed by atoms with Crippen LogP contribution in [-0.4, -0.2) is 23.2 Å². The van der Waals surface area contributed by atoms with Gasteiger partial charge in [-0.25, -0.2) is 9.37 Å². The minimum atomic E-state index is -4.76. The summed E-state index contributed by atoms with van der Waals surface area (Å²) in [5.74, 6) is -0.856. The van der Waals surface area contributed by atoms with Crippen LogP contribution >= 0.6 is 0 Å². The van der Waals surface area contributed by atoms with E-state index in [-0.39, 0.29) is 6.54 Å². The van der Waals surface area contributed by atoms with Crippen LogP contribution in [0.1, 0.15) is 16.7 Å². The Morgan fingerprint density at radius 3 is 2.59 bits per heavy atom. The summed E-state index contributed by atoms with van der Waals surface area (Å²) in [5.41, 5.74) is 6.91. The third-order valence-corrected chi connectivity index (χ3v) is 4.34. The molecule has 0 saturated heterocycles. The van der Waals surface area contributed by atoms with Gasteiger partial charge in [-0.05, 0) is 35.4 Å². The number of benzene rings is 2. The molecule has 3 N–H and O–H groups in total. The summed E-state index contributed by atoms with van der Waals surface area (Å²) in [5, 5.41) is 7.36. The maximum Gasteiger partial charge on any atom is 0.419 e. The number of rotatable bonds is 5.